The van der Waals surface area contributed by atoms with E-state index in [1.165, 1.54) is 4.90 Å². The first kappa shape index (κ1) is 16.3. The van der Waals surface area contributed by atoms with E-state index in [0.29, 0.717) is 6.42 Å². The van der Waals surface area contributed by atoms with E-state index in [1.807, 2.05) is 30.3 Å². The van der Waals surface area contributed by atoms with Gasteiger partial charge in [-0.2, -0.15) is 0 Å². The largest absolute Gasteiger partial charge is 0.480 e. The fourth-order valence-corrected chi connectivity index (χ4v) is 2.81. The second-order valence-electron chi connectivity index (χ2n) is 6.60. The molecule has 120 valence electrons. The highest BCUT2D eigenvalue weighted by molar-refractivity contribution is 5.80. The zero-order chi connectivity index (χ0) is 16.3. The van der Waals surface area contributed by atoms with Gasteiger partial charge in [-0.1, -0.05) is 30.3 Å². The van der Waals surface area contributed by atoms with Crippen molar-refractivity contribution in [1.82, 2.24) is 4.90 Å². The Labute approximate surface area is 130 Å². The zero-order valence-corrected chi connectivity index (χ0v) is 13.3. The molecule has 5 nitrogen and oxygen atoms in total. The molecule has 1 heterocycles. The molecule has 1 amide bonds. The van der Waals surface area contributed by atoms with Crippen LogP contribution in [0, 0.1) is 0 Å². The van der Waals surface area contributed by atoms with Crippen molar-refractivity contribution in [2.45, 2.75) is 57.7 Å². The number of aliphatic carboxylic acids is 1. The van der Waals surface area contributed by atoms with Gasteiger partial charge in [0.1, 0.15) is 11.6 Å². The van der Waals surface area contributed by atoms with E-state index in [2.05, 4.69) is 0 Å². The van der Waals surface area contributed by atoms with Gasteiger partial charge < -0.3 is 9.84 Å². The number of carbonyl (C=O) groups is 2. The number of nitrogens with zero attached hydrogens (tertiary/aromatic N) is 1. The SMILES string of the molecule is CC(C)(C)OC(=O)N1[C@@H](C(=O)O)CCC[C@@H]1c1ccccc1. The normalized spacial score (nSPS) is 22.2. The van der Waals surface area contributed by atoms with Crippen LogP contribution in [0.25, 0.3) is 0 Å². The van der Waals surface area contributed by atoms with E-state index in [4.69, 9.17) is 4.74 Å². The Balaban J connectivity index is 2.33. The van der Waals surface area contributed by atoms with Gasteiger partial charge in [-0.05, 0) is 45.6 Å². The summed E-state index contributed by atoms with van der Waals surface area (Å²) >= 11 is 0. The third kappa shape index (κ3) is 3.78. The summed E-state index contributed by atoms with van der Waals surface area (Å²) in [5.41, 5.74) is 0.290. The molecule has 2 atom stereocenters. The van der Waals surface area contributed by atoms with E-state index in [9.17, 15) is 14.7 Å². The van der Waals surface area contributed by atoms with Crippen LogP contribution >= 0.6 is 0 Å². The molecule has 1 aliphatic heterocycles. The summed E-state index contributed by atoms with van der Waals surface area (Å²) in [4.78, 5) is 25.5. The predicted molar refractivity (Wildman–Crippen MR) is 82.5 cm³/mol. The van der Waals surface area contributed by atoms with Gasteiger partial charge >= 0.3 is 12.1 Å². The molecule has 0 bridgehead atoms. The monoisotopic (exact) mass is 305 g/mol. The highest BCUT2D eigenvalue weighted by Crippen LogP contribution is 2.35. The Morgan fingerprint density at radius 1 is 1.18 bits per heavy atom. The number of ether oxygens (including phenoxy) is 1. The van der Waals surface area contributed by atoms with E-state index in [-0.39, 0.29) is 6.04 Å². The Morgan fingerprint density at radius 2 is 1.82 bits per heavy atom. The molecule has 2 rings (SSSR count). The van der Waals surface area contributed by atoms with Crippen molar-refractivity contribution >= 4 is 12.1 Å². The standard InChI is InChI=1S/C17H23NO4/c1-17(2,3)22-16(21)18-13(12-8-5-4-6-9-12)10-7-11-14(18)15(19)20/h4-6,8-9,13-14H,7,10-11H2,1-3H3,(H,19,20)/t13-,14-/m1/s1. The lowest BCUT2D eigenvalue weighted by Crippen LogP contribution is -2.51. The van der Waals surface area contributed by atoms with Gasteiger partial charge in [-0.15, -0.1) is 0 Å². The number of amides is 1. The predicted octanol–water partition coefficient (Wildman–Crippen LogP) is 3.60. The first-order valence-corrected chi connectivity index (χ1v) is 7.58. The Bertz CT molecular complexity index is 535. The van der Waals surface area contributed by atoms with Crippen molar-refractivity contribution in [3.05, 3.63) is 35.9 Å². The first-order valence-electron chi connectivity index (χ1n) is 7.58. The molecule has 1 aromatic carbocycles. The molecule has 0 aromatic heterocycles. The summed E-state index contributed by atoms with van der Waals surface area (Å²) in [5.74, 6) is -0.980. The lowest BCUT2D eigenvalue weighted by atomic mass is 9.91. The van der Waals surface area contributed by atoms with Crippen molar-refractivity contribution < 1.29 is 19.4 Å². The van der Waals surface area contributed by atoms with Crippen LogP contribution in [0.15, 0.2) is 30.3 Å². The van der Waals surface area contributed by atoms with E-state index in [1.54, 1.807) is 20.8 Å². The van der Waals surface area contributed by atoms with Gasteiger partial charge in [0.25, 0.3) is 0 Å². The van der Waals surface area contributed by atoms with E-state index >= 15 is 0 Å². The number of carbonyl (C=O) groups excluding carboxylic acids is 1. The third-order valence-electron chi connectivity index (χ3n) is 3.70. The number of rotatable bonds is 2. The quantitative estimate of drug-likeness (QED) is 0.906. The molecular weight excluding hydrogens is 282 g/mol. The molecule has 0 aliphatic carbocycles. The Hall–Kier alpha value is -2.04. The van der Waals surface area contributed by atoms with Crippen LogP contribution in [0.1, 0.15) is 51.6 Å². The van der Waals surface area contributed by atoms with Gasteiger partial charge in [0.15, 0.2) is 0 Å². The maximum atomic E-state index is 12.6. The second kappa shape index (κ2) is 6.38. The maximum absolute atomic E-state index is 12.6. The Morgan fingerprint density at radius 3 is 2.36 bits per heavy atom. The molecule has 1 N–H and O–H groups in total. The van der Waals surface area contributed by atoms with Gasteiger partial charge in [0.2, 0.25) is 0 Å². The fourth-order valence-electron chi connectivity index (χ4n) is 2.81. The summed E-state index contributed by atoms with van der Waals surface area (Å²) in [5, 5.41) is 9.47. The van der Waals surface area contributed by atoms with E-state index < -0.39 is 23.7 Å². The molecule has 0 saturated carbocycles. The maximum Gasteiger partial charge on any atom is 0.411 e. The van der Waals surface area contributed by atoms with Crippen molar-refractivity contribution in [3.63, 3.8) is 0 Å². The average molecular weight is 305 g/mol. The van der Waals surface area contributed by atoms with Gasteiger partial charge in [0, 0.05) is 0 Å². The molecule has 1 aliphatic rings. The summed E-state index contributed by atoms with van der Waals surface area (Å²) < 4.78 is 5.43. The highest BCUT2D eigenvalue weighted by atomic mass is 16.6. The fraction of sp³-hybridized carbons (Fsp3) is 0.529. The van der Waals surface area contributed by atoms with Crippen molar-refractivity contribution in [2.24, 2.45) is 0 Å². The highest BCUT2D eigenvalue weighted by Gasteiger charge is 2.40. The summed E-state index contributed by atoms with van der Waals surface area (Å²) in [6, 6.07) is 8.44. The van der Waals surface area contributed by atoms with Crippen LogP contribution in [-0.4, -0.2) is 33.7 Å². The zero-order valence-electron chi connectivity index (χ0n) is 13.3. The lowest BCUT2D eigenvalue weighted by molar-refractivity contribution is -0.145. The number of piperidine rings is 1. The molecule has 5 heteroatoms. The number of benzene rings is 1. The van der Waals surface area contributed by atoms with E-state index in [0.717, 1.165) is 18.4 Å². The Kier molecular flexibility index (Phi) is 4.74. The minimum absolute atomic E-state index is 0.258. The van der Waals surface area contributed by atoms with Gasteiger partial charge in [0.05, 0.1) is 6.04 Å². The lowest BCUT2D eigenvalue weighted by Gasteiger charge is -2.40. The van der Waals surface area contributed by atoms with Crippen LogP contribution < -0.4 is 0 Å². The van der Waals surface area contributed by atoms with Gasteiger partial charge in [-0.25, -0.2) is 9.59 Å². The molecule has 1 fully saturated rings. The third-order valence-corrected chi connectivity index (χ3v) is 3.70. The van der Waals surface area contributed by atoms with Crippen molar-refractivity contribution in [3.8, 4) is 0 Å². The van der Waals surface area contributed by atoms with Crippen LogP contribution in [0.3, 0.4) is 0 Å². The number of carboxylic acids is 1. The van der Waals surface area contributed by atoms with Gasteiger partial charge in [-0.3, -0.25) is 4.90 Å². The molecular formula is C17H23NO4. The van der Waals surface area contributed by atoms with Crippen LogP contribution in [0.2, 0.25) is 0 Å². The first-order chi connectivity index (χ1) is 10.3. The number of hydrogen-bond donors (Lipinski definition) is 1. The molecule has 1 aromatic rings. The van der Waals surface area contributed by atoms with Crippen LogP contribution in [-0.2, 0) is 9.53 Å². The van der Waals surface area contributed by atoms with Crippen molar-refractivity contribution in [2.75, 3.05) is 0 Å². The van der Waals surface area contributed by atoms with Crippen LogP contribution in [0.4, 0.5) is 4.79 Å². The minimum Gasteiger partial charge on any atom is -0.480 e. The molecule has 0 spiro atoms. The molecule has 0 unspecified atom stereocenters. The summed E-state index contributed by atoms with van der Waals surface area (Å²) in [6.45, 7) is 5.34. The van der Waals surface area contributed by atoms with Crippen molar-refractivity contribution in [1.29, 1.82) is 0 Å². The average Bonchev–Trinajstić information content (AvgIpc) is 2.45. The van der Waals surface area contributed by atoms with Crippen LogP contribution in [0.5, 0.6) is 0 Å². The minimum atomic E-state index is -0.980. The molecule has 22 heavy (non-hydrogen) atoms. The second-order valence-corrected chi connectivity index (χ2v) is 6.60. The summed E-state index contributed by atoms with van der Waals surface area (Å²) in [6.07, 6.45) is 1.41. The number of carboxylic acid groups (broad SMARTS) is 1. The molecule has 1 saturated heterocycles. The number of likely N-dealkylation sites (tertiary alicyclic amines) is 1. The number of hydrogen-bond acceptors (Lipinski definition) is 3. The molecule has 0 radical (unpaired) electrons. The smallest absolute Gasteiger partial charge is 0.411 e. The summed E-state index contributed by atoms with van der Waals surface area (Å²) in [7, 11) is 0. The topological polar surface area (TPSA) is 66.8 Å².